The van der Waals surface area contributed by atoms with Gasteiger partial charge in [-0.2, -0.15) is 0 Å². The molecule has 1 fully saturated rings. The molecule has 5 nitrogen and oxygen atoms in total. The zero-order valence-electron chi connectivity index (χ0n) is 13.4. The Bertz CT molecular complexity index is 818. The van der Waals surface area contributed by atoms with Gasteiger partial charge in [0.1, 0.15) is 17.1 Å². The summed E-state index contributed by atoms with van der Waals surface area (Å²) in [5.41, 5.74) is 4.99. The molecule has 132 valence electrons. The third-order valence-electron chi connectivity index (χ3n) is 4.41. The number of carbonyl (C=O) groups is 2. The van der Waals surface area contributed by atoms with Gasteiger partial charge in [0.15, 0.2) is 9.70 Å². The maximum absolute atomic E-state index is 14.2. The molecule has 0 spiro atoms. The number of amides is 1. The van der Waals surface area contributed by atoms with Crippen LogP contribution < -0.4 is 11.1 Å². The molecule has 1 saturated heterocycles. The maximum atomic E-state index is 14.2. The van der Waals surface area contributed by atoms with E-state index in [2.05, 4.69) is 26.2 Å². The standard InChI is InChI=1S/C17H17BrFN3O2S/c18-16-22-13(14(25-16)10-5-1-2-6-11(10)19)12(23)9-17(15(20)24)7-3-4-8-21-17/h1-2,5-6,21H,3-4,7-9H2,(H2,20,24). The van der Waals surface area contributed by atoms with Crippen molar-refractivity contribution in [2.45, 2.75) is 31.2 Å². The highest BCUT2D eigenvalue weighted by atomic mass is 79.9. The van der Waals surface area contributed by atoms with E-state index in [9.17, 15) is 14.0 Å². The number of nitrogens with two attached hydrogens (primary N) is 1. The van der Waals surface area contributed by atoms with E-state index in [1.165, 1.54) is 17.4 Å². The van der Waals surface area contributed by atoms with Gasteiger partial charge in [0.05, 0.1) is 4.88 Å². The lowest BCUT2D eigenvalue weighted by molar-refractivity contribution is -0.125. The van der Waals surface area contributed by atoms with E-state index < -0.39 is 17.3 Å². The second-order valence-electron chi connectivity index (χ2n) is 6.05. The zero-order valence-corrected chi connectivity index (χ0v) is 15.8. The number of thiazole rings is 1. The van der Waals surface area contributed by atoms with Crippen LogP contribution in [0.4, 0.5) is 4.39 Å². The molecule has 1 amide bonds. The van der Waals surface area contributed by atoms with E-state index >= 15 is 0 Å². The predicted octanol–water partition coefficient (Wildman–Crippen LogP) is 3.28. The molecule has 2 aromatic rings. The number of ketones is 1. The fraction of sp³-hybridized carbons (Fsp3) is 0.353. The number of halogens is 2. The first-order chi connectivity index (χ1) is 11.9. The summed E-state index contributed by atoms with van der Waals surface area (Å²) in [7, 11) is 0. The number of benzene rings is 1. The van der Waals surface area contributed by atoms with Crippen LogP contribution in [0.15, 0.2) is 28.2 Å². The summed E-state index contributed by atoms with van der Waals surface area (Å²) in [6, 6.07) is 6.23. The molecule has 1 aliphatic rings. The normalized spacial score (nSPS) is 20.4. The summed E-state index contributed by atoms with van der Waals surface area (Å²) >= 11 is 4.45. The topological polar surface area (TPSA) is 85.1 Å². The number of primary amides is 1. The Labute approximate surface area is 157 Å². The van der Waals surface area contributed by atoms with E-state index in [4.69, 9.17) is 5.73 Å². The molecule has 1 unspecified atom stereocenters. The second kappa shape index (κ2) is 7.31. The summed E-state index contributed by atoms with van der Waals surface area (Å²) in [4.78, 5) is 29.5. The highest BCUT2D eigenvalue weighted by Gasteiger charge is 2.40. The van der Waals surface area contributed by atoms with Crippen LogP contribution in [0, 0.1) is 5.82 Å². The van der Waals surface area contributed by atoms with E-state index in [0.717, 1.165) is 12.8 Å². The number of carbonyl (C=O) groups excluding carboxylic acids is 2. The first-order valence-electron chi connectivity index (χ1n) is 7.92. The fourth-order valence-electron chi connectivity index (χ4n) is 3.08. The lowest BCUT2D eigenvalue weighted by atomic mass is 9.83. The number of hydrogen-bond donors (Lipinski definition) is 2. The minimum atomic E-state index is -1.06. The molecule has 0 saturated carbocycles. The number of nitrogens with zero attached hydrogens (tertiary/aromatic N) is 1. The Hall–Kier alpha value is -1.64. The van der Waals surface area contributed by atoms with Crippen LogP contribution in [0.2, 0.25) is 0 Å². The lowest BCUT2D eigenvalue weighted by Gasteiger charge is -2.34. The van der Waals surface area contributed by atoms with Crippen LogP contribution in [0.5, 0.6) is 0 Å². The molecule has 2 heterocycles. The van der Waals surface area contributed by atoms with E-state index in [1.54, 1.807) is 18.2 Å². The molecule has 8 heteroatoms. The monoisotopic (exact) mass is 425 g/mol. The molecule has 25 heavy (non-hydrogen) atoms. The smallest absolute Gasteiger partial charge is 0.238 e. The second-order valence-corrected chi connectivity index (χ2v) is 8.33. The largest absolute Gasteiger partial charge is 0.368 e. The van der Waals surface area contributed by atoms with Crippen molar-refractivity contribution >= 4 is 39.0 Å². The van der Waals surface area contributed by atoms with Crippen molar-refractivity contribution in [3.05, 3.63) is 39.7 Å². The molecular formula is C17H17BrFN3O2S. The fourth-order valence-corrected chi connectivity index (χ4v) is 4.58. The number of hydrogen-bond acceptors (Lipinski definition) is 5. The van der Waals surface area contributed by atoms with Crippen LogP contribution in [-0.4, -0.2) is 28.8 Å². The van der Waals surface area contributed by atoms with Crippen LogP contribution in [0.25, 0.3) is 10.4 Å². The Morgan fingerprint density at radius 3 is 2.76 bits per heavy atom. The van der Waals surface area contributed by atoms with Crippen molar-refractivity contribution in [3.8, 4) is 10.4 Å². The first-order valence-corrected chi connectivity index (χ1v) is 9.53. The van der Waals surface area contributed by atoms with Crippen LogP contribution in [0.3, 0.4) is 0 Å². The number of rotatable bonds is 5. The van der Waals surface area contributed by atoms with Crippen molar-refractivity contribution in [1.29, 1.82) is 0 Å². The van der Waals surface area contributed by atoms with Gasteiger partial charge in [-0.1, -0.05) is 18.2 Å². The van der Waals surface area contributed by atoms with Gasteiger partial charge in [-0.15, -0.1) is 11.3 Å². The molecular weight excluding hydrogens is 409 g/mol. The lowest BCUT2D eigenvalue weighted by Crippen LogP contribution is -2.58. The number of Topliss-reactive ketones (excluding diaryl/α,β-unsaturated/α-hetero) is 1. The summed E-state index contributed by atoms with van der Waals surface area (Å²) in [5, 5.41) is 3.10. The molecule has 0 aliphatic carbocycles. The van der Waals surface area contributed by atoms with Crippen LogP contribution >= 0.6 is 27.3 Å². The van der Waals surface area contributed by atoms with Crippen molar-refractivity contribution in [2.75, 3.05) is 6.54 Å². The number of nitrogens with one attached hydrogen (secondary N) is 1. The summed E-state index contributed by atoms with van der Waals surface area (Å²) in [5.74, 6) is -1.29. The van der Waals surface area contributed by atoms with Crippen molar-refractivity contribution in [1.82, 2.24) is 10.3 Å². The molecule has 3 N–H and O–H groups in total. The SMILES string of the molecule is NC(=O)C1(CC(=O)c2nc(Br)sc2-c2ccccc2F)CCCCN1. The highest BCUT2D eigenvalue weighted by molar-refractivity contribution is 9.11. The first kappa shape index (κ1) is 18.2. The summed E-state index contributed by atoms with van der Waals surface area (Å²) in [6.45, 7) is 0.636. The average Bonchev–Trinajstić information content (AvgIpc) is 2.98. The minimum absolute atomic E-state index is 0.0834. The van der Waals surface area contributed by atoms with Crippen LogP contribution in [-0.2, 0) is 4.79 Å². The molecule has 0 radical (unpaired) electrons. The van der Waals surface area contributed by atoms with Gasteiger partial charge < -0.3 is 11.1 Å². The Morgan fingerprint density at radius 1 is 1.36 bits per heavy atom. The van der Waals surface area contributed by atoms with Crippen LogP contribution in [0.1, 0.15) is 36.2 Å². The number of piperidine rings is 1. The summed E-state index contributed by atoms with van der Waals surface area (Å²) in [6.07, 6.45) is 2.18. The van der Waals surface area contributed by atoms with Gasteiger partial charge >= 0.3 is 0 Å². The third kappa shape index (κ3) is 3.65. The molecule has 1 atom stereocenters. The van der Waals surface area contributed by atoms with Gasteiger partial charge in [0, 0.05) is 12.0 Å². The van der Waals surface area contributed by atoms with E-state index in [-0.39, 0.29) is 17.9 Å². The highest BCUT2D eigenvalue weighted by Crippen LogP contribution is 2.36. The van der Waals surface area contributed by atoms with Gasteiger partial charge in [0.25, 0.3) is 0 Å². The molecule has 0 bridgehead atoms. The zero-order chi connectivity index (χ0) is 18.0. The van der Waals surface area contributed by atoms with E-state index in [0.29, 0.717) is 27.3 Å². The Morgan fingerprint density at radius 2 is 2.12 bits per heavy atom. The number of aromatic nitrogens is 1. The van der Waals surface area contributed by atoms with Crippen molar-refractivity contribution in [3.63, 3.8) is 0 Å². The summed E-state index contributed by atoms with van der Waals surface area (Å²) < 4.78 is 14.6. The van der Waals surface area contributed by atoms with Gasteiger partial charge in [-0.3, -0.25) is 9.59 Å². The predicted molar refractivity (Wildman–Crippen MR) is 97.9 cm³/mol. The molecule has 3 rings (SSSR count). The quantitative estimate of drug-likeness (QED) is 0.719. The van der Waals surface area contributed by atoms with Gasteiger partial charge in [0.2, 0.25) is 5.91 Å². The van der Waals surface area contributed by atoms with Crippen molar-refractivity contribution < 1.29 is 14.0 Å². The average molecular weight is 426 g/mol. The Kier molecular flexibility index (Phi) is 5.31. The Balaban J connectivity index is 1.95. The minimum Gasteiger partial charge on any atom is -0.368 e. The van der Waals surface area contributed by atoms with E-state index in [1.807, 2.05) is 0 Å². The van der Waals surface area contributed by atoms with Gasteiger partial charge in [-0.05, 0) is 47.8 Å². The van der Waals surface area contributed by atoms with Crippen molar-refractivity contribution in [2.24, 2.45) is 5.73 Å². The molecule has 1 aliphatic heterocycles. The van der Waals surface area contributed by atoms with Gasteiger partial charge in [-0.25, -0.2) is 9.37 Å². The molecule has 1 aromatic heterocycles. The third-order valence-corrected chi connectivity index (χ3v) is 5.95. The maximum Gasteiger partial charge on any atom is 0.238 e. The molecule has 1 aromatic carbocycles.